The maximum absolute atomic E-state index is 13.5. The number of H-pyrrole nitrogens is 1. The number of likely N-dealkylation sites (tertiary alicyclic amines) is 1. The normalized spacial score (nSPS) is 25.5. The van der Waals surface area contributed by atoms with Crippen LogP contribution in [0.3, 0.4) is 0 Å². The second-order valence-electron chi connectivity index (χ2n) is 9.10. The molecule has 2 N–H and O–H groups in total. The van der Waals surface area contributed by atoms with Gasteiger partial charge in [-0.25, -0.2) is 0 Å². The third kappa shape index (κ3) is 2.15. The van der Waals surface area contributed by atoms with Crippen molar-refractivity contribution in [2.24, 2.45) is 5.41 Å². The van der Waals surface area contributed by atoms with Crippen LogP contribution >= 0.6 is 0 Å². The first-order chi connectivity index (χ1) is 13.3. The monoisotopic (exact) mass is 374 g/mol. The number of para-hydroxylation sites is 1. The van der Waals surface area contributed by atoms with Crippen LogP contribution in [-0.4, -0.2) is 33.5 Å². The average Bonchev–Trinajstić information content (AvgIpc) is 3.09. The Morgan fingerprint density at radius 1 is 1.14 bits per heavy atom. The van der Waals surface area contributed by atoms with Crippen molar-refractivity contribution >= 4 is 16.8 Å². The summed E-state index contributed by atoms with van der Waals surface area (Å²) in [5.41, 5.74) is 3.71. The minimum atomic E-state index is -0.0896. The number of phenols is 1. The average molecular weight is 374 g/mol. The zero-order valence-electron chi connectivity index (χ0n) is 16.6. The van der Waals surface area contributed by atoms with Gasteiger partial charge in [0.2, 0.25) is 0 Å². The molecule has 28 heavy (non-hydrogen) atoms. The summed E-state index contributed by atoms with van der Waals surface area (Å²) in [6, 6.07) is 15.8. The predicted octanol–water partition coefficient (Wildman–Crippen LogP) is 4.63. The zero-order valence-corrected chi connectivity index (χ0v) is 16.6. The van der Waals surface area contributed by atoms with Crippen LogP contribution in [0.15, 0.2) is 48.5 Å². The molecule has 2 heterocycles. The number of rotatable bonds is 1. The van der Waals surface area contributed by atoms with E-state index in [1.165, 1.54) is 5.56 Å². The standard InChI is InChI=1S/C24H26N2O2/c1-23(2)21-14-16-17(8-6-10-20(16)27)24(23,3)11-12-26(21)22(28)19-13-15-7-4-5-9-18(15)25-19/h4-10,13,21,25,27H,11-12,14H2,1-3H3/t21?,24-/m0/s1. The highest BCUT2D eigenvalue weighted by atomic mass is 16.3. The maximum atomic E-state index is 13.5. The number of benzene rings is 2. The van der Waals surface area contributed by atoms with E-state index in [2.05, 4.69) is 31.8 Å². The second-order valence-corrected chi connectivity index (χ2v) is 9.10. The molecule has 2 aromatic carbocycles. The van der Waals surface area contributed by atoms with Gasteiger partial charge in [0, 0.05) is 28.9 Å². The van der Waals surface area contributed by atoms with Gasteiger partial charge < -0.3 is 15.0 Å². The Kier molecular flexibility index (Phi) is 3.49. The van der Waals surface area contributed by atoms with Crippen LogP contribution in [-0.2, 0) is 11.8 Å². The molecule has 2 aliphatic rings. The highest BCUT2D eigenvalue weighted by Crippen LogP contribution is 2.57. The van der Waals surface area contributed by atoms with Gasteiger partial charge in [-0.15, -0.1) is 0 Å². The molecule has 144 valence electrons. The number of hydrogen-bond donors (Lipinski definition) is 2. The fraction of sp³-hybridized carbons (Fsp3) is 0.375. The summed E-state index contributed by atoms with van der Waals surface area (Å²) in [6.07, 6.45) is 1.58. The number of piperidine rings is 1. The Hall–Kier alpha value is -2.75. The molecule has 3 aromatic rings. The SMILES string of the molecule is CC1(C)C2Cc3c(O)cccc3[C@]1(C)CCN2C(=O)c1cc2ccccc2[nH]1. The molecule has 1 aromatic heterocycles. The van der Waals surface area contributed by atoms with Gasteiger partial charge in [-0.2, -0.15) is 0 Å². The van der Waals surface area contributed by atoms with Gasteiger partial charge in [0.15, 0.2) is 0 Å². The van der Waals surface area contributed by atoms with Crippen molar-refractivity contribution in [3.63, 3.8) is 0 Å². The smallest absolute Gasteiger partial charge is 0.270 e. The lowest BCUT2D eigenvalue weighted by atomic mass is 9.51. The quantitative estimate of drug-likeness (QED) is 0.652. The highest BCUT2D eigenvalue weighted by molar-refractivity contribution is 5.98. The van der Waals surface area contributed by atoms with E-state index in [-0.39, 0.29) is 22.8 Å². The minimum absolute atomic E-state index is 0.0472. The summed E-state index contributed by atoms with van der Waals surface area (Å²) >= 11 is 0. The lowest BCUT2D eigenvalue weighted by Crippen LogP contribution is -2.64. The van der Waals surface area contributed by atoms with E-state index >= 15 is 0 Å². The molecule has 1 amide bonds. The minimum Gasteiger partial charge on any atom is -0.508 e. The van der Waals surface area contributed by atoms with Gasteiger partial charge in [0.25, 0.3) is 5.91 Å². The Morgan fingerprint density at radius 2 is 1.93 bits per heavy atom. The van der Waals surface area contributed by atoms with E-state index in [4.69, 9.17) is 0 Å². The van der Waals surface area contributed by atoms with Crippen molar-refractivity contribution in [2.75, 3.05) is 6.54 Å². The van der Waals surface area contributed by atoms with Gasteiger partial charge in [-0.3, -0.25) is 4.79 Å². The van der Waals surface area contributed by atoms with Gasteiger partial charge in [-0.05, 0) is 47.6 Å². The van der Waals surface area contributed by atoms with Crippen LogP contribution < -0.4 is 0 Å². The summed E-state index contributed by atoms with van der Waals surface area (Å²) in [4.78, 5) is 18.8. The molecule has 2 bridgehead atoms. The van der Waals surface area contributed by atoms with E-state index in [1.807, 2.05) is 41.3 Å². The third-order valence-electron chi connectivity index (χ3n) is 7.65. The summed E-state index contributed by atoms with van der Waals surface area (Å²) < 4.78 is 0. The van der Waals surface area contributed by atoms with Crippen molar-refractivity contribution in [3.8, 4) is 5.75 Å². The number of carbonyl (C=O) groups excluding carboxylic acids is 1. The Morgan fingerprint density at radius 3 is 2.71 bits per heavy atom. The van der Waals surface area contributed by atoms with E-state index in [0.717, 1.165) is 29.4 Å². The molecule has 1 aliphatic carbocycles. The molecule has 1 fully saturated rings. The van der Waals surface area contributed by atoms with Gasteiger partial charge in [-0.1, -0.05) is 51.1 Å². The van der Waals surface area contributed by atoms with Crippen LogP contribution in [0.2, 0.25) is 0 Å². The lowest BCUT2D eigenvalue weighted by Gasteiger charge is -2.60. The molecule has 1 unspecified atom stereocenters. The van der Waals surface area contributed by atoms with E-state index < -0.39 is 0 Å². The lowest BCUT2D eigenvalue weighted by molar-refractivity contribution is -0.0268. The van der Waals surface area contributed by atoms with Gasteiger partial charge in [0.05, 0.1) is 0 Å². The number of nitrogens with one attached hydrogen (secondary N) is 1. The van der Waals surface area contributed by atoms with E-state index in [0.29, 0.717) is 17.9 Å². The fourth-order valence-corrected chi connectivity index (χ4v) is 5.51. The molecule has 4 heteroatoms. The molecule has 0 saturated carbocycles. The molecule has 0 spiro atoms. The number of aromatic amines is 1. The summed E-state index contributed by atoms with van der Waals surface area (Å²) in [5, 5.41) is 11.6. The number of aromatic nitrogens is 1. The number of aromatic hydroxyl groups is 1. The highest BCUT2D eigenvalue weighted by Gasteiger charge is 2.57. The van der Waals surface area contributed by atoms with Crippen molar-refractivity contribution in [3.05, 3.63) is 65.4 Å². The Labute approximate surface area is 165 Å². The number of amides is 1. The topological polar surface area (TPSA) is 56.3 Å². The largest absolute Gasteiger partial charge is 0.508 e. The molecule has 1 saturated heterocycles. The fourth-order valence-electron chi connectivity index (χ4n) is 5.51. The summed E-state index contributed by atoms with van der Waals surface area (Å²) in [5.74, 6) is 0.402. The van der Waals surface area contributed by atoms with Crippen molar-refractivity contribution < 1.29 is 9.90 Å². The second kappa shape index (κ2) is 5.63. The van der Waals surface area contributed by atoms with Crippen molar-refractivity contribution in [1.29, 1.82) is 0 Å². The number of phenolic OH excluding ortho intramolecular Hbond substituents is 1. The first-order valence-electron chi connectivity index (χ1n) is 10.0. The Bertz CT molecular complexity index is 1060. The van der Waals surface area contributed by atoms with Gasteiger partial charge >= 0.3 is 0 Å². The third-order valence-corrected chi connectivity index (χ3v) is 7.65. The van der Waals surface area contributed by atoms with Gasteiger partial charge in [0.1, 0.15) is 11.4 Å². The van der Waals surface area contributed by atoms with Crippen molar-refractivity contribution in [1.82, 2.24) is 9.88 Å². The van der Waals surface area contributed by atoms with Crippen LogP contribution in [0.4, 0.5) is 0 Å². The molecule has 4 nitrogen and oxygen atoms in total. The molecular weight excluding hydrogens is 348 g/mol. The maximum Gasteiger partial charge on any atom is 0.270 e. The van der Waals surface area contributed by atoms with Crippen LogP contribution in [0.1, 0.15) is 48.8 Å². The van der Waals surface area contributed by atoms with Crippen LogP contribution in [0.5, 0.6) is 5.75 Å². The molecule has 5 rings (SSSR count). The van der Waals surface area contributed by atoms with E-state index in [1.54, 1.807) is 6.07 Å². The van der Waals surface area contributed by atoms with Crippen LogP contribution in [0.25, 0.3) is 10.9 Å². The predicted molar refractivity (Wildman–Crippen MR) is 111 cm³/mol. The van der Waals surface area contributed by atoms with E-state index in [9.17, 15) is 9.90 Å². The molecule has 0 radical (unpaired) electrons. The van der Waals surface area contributed by atoms with Crippen LogP contribution in [0, 0.1) is 5.41 Å². The summed E-state index contributed by atoms with van der Waals surface area (Å²) in [7, 11) is 0. The first kappa shape index (κ1) is 17.4. The molecular formula is C24H26N2O2. The summed E-state index contributed by atoms with van der Waals surface area (Å²) in [6.45, 7) is 7.57. The van der Waals surface area contributed by atoms with Crippen molar-refractivity contribution in [2.45, 2.75) is 45.1 Å². The zero-order chi connectivity index (χ0) is 19.7. The molecule has 1 aliphatic heterocycles. The number of nitrogens with zero attached hydrogens (tertiary/aromatic N) is 1. The Balaban J connectivity index is 1.58. The number of carbonyl (C=O) groups is 1. The molecule has 2 atom stereocenters. The number of hydrogen-bond acceptors (Lipinski definition) is 2. The number of fused-ring (bicyclic) bond motifs is 5. The first-order valence-corrected chi connectivity index (χ1v) is 10.0.